The van der Waals surface area contributed by atoms with Gasteiger partial charge in [-0.05, 0) is 53.3 Å². The molecule has 38 heavy (non-hydrogen) atoms. The Labute approximate surface area is 219 Å². The highest BCUT2D eigenvalue weighted by Crippen LogP contribution is 2.36. The van der Waals surface area contributed by atoms with Crippen LogP contribution in [0.4, 0.5) is 11.4 Å². The third-order valence-electron chi connectivity index (χ3n) is 6.64. The number of carbonyl (C=O) groups is 1. The van der Waals surface area contributed by atoms with Gasteiger partial charge >= 0.3 is 0 Å². The zero-order chi connectivity index (χ0) is 25.9. The van der Waals surface area contributed by atoms with Crippen molar-refractivity contribution in [1.29, 1.82) is 0 Å². The summed E-state index contributed by atoms with van der Waals surface area (Å²) in [6.45, 7) is 8.60. The molecule has 0 radical (unpaired) electrons. The lowest BCUT2D eigenvalue weighted by molar-refractivity contribution is -0.118. The summed E-state index contributed by atoms with van der Waals surface area (Å²) in [6.07, 6.45) is 7.55. The van der Waals surface area contributed by atoms with Crippen molar-refractivity contribution < 1.29 is 9.53 Å². The molecule has 1 aliphatic heterocycles. The summed E-state index contributed by atoms with van der Waals surface area (Å²) < 4.78 is 8.25. The van der Waals surface area contributed by atoms with Crippen LogP contribution in [0.3, 0.4) is 0 Å². The molecule has 1 aliphatic rings. The van der Waals surface area contributed by atoms with E-state index >= 15 is 0 Å². The standard InChI is InChI=1S/C30H24N6O2/c1-31-27-10-7-21-13-29(27)38-24-9-8-22-5-2-6-26(25(22)14-24)35-30(37)28(12-20-4-3-11-32-15-20)34-17-23-16-33-19-36(23)18-21/h2-11,13-16,19,28,34H,12,17-18H2,(H,35,37). The number of aromatic nitrogens is 3. The smallest absolute Gasteiger partial charge is 0.241 e. The molecule has 2 N–H and O–H groups in total. The van der Waals surface area contributed by atoms with Crippen LogP contribution in [-0.4, -0.2) is 26.5 Å². The van der Waals surface area contributed by atoms with E-state index in [1.54, 1.807) is 31.0 Å². The van der Waals surface area contributed by atoms with E-state index in [-0.39, 0.29) is 5.91 Å². The first-order valence-electron chi connectivity index (χ1n) is 12.3. The second-order valence-corrected chi connectivity index (χ2v) is 9.21. The van der Waals surface area contributed by atoms with Gasteiger partial charge in [-0.2, -0.15) is 0 Å². The van der Waals surface area contributed by atoms with Gasteiger partial charge in [0, 0.05) is 42.8 Å². The van der Waals surface area contributed by atoms with Gasteiger partial charge in [0.25, 0.3) is 0 Å². The van der Waals surface area contributed by atoms with Crippen molar-refractivity contribution in [1.82, 2.24) is 19.9 Å². The van der Waals surface area contributed by atoms with E-state index in [0.29, 0.717) is 42.4 Å². The fraction of sp³-hybridized carbons (Fsp3) is 0.133. The number of nitrogens with zero attached hydrogens (tertiary/aromatic N) is 4. The summed E-state index contributed by atoms with van der Waals surface area (Å²) in [5.74, 6) is 0.926. The second kappa shape index (κ2) is 10.2. The summed E-state index contributed by atoms with van der Waals surface area (Å²) in [5.41, 5.74) is 3.99. The zero-order valence-electron chi connectivity index (χ0n) is 20.5. The number of hydrogen-bond acceptors (Lipinski definition) is 5. The Morgan fingerprint density at radius 2 is 2.00 bits per heavy atom. The molecule has 5 aromatic rings. The molecule has 3 heterocycles. The highest BCUT2D eigenvalue weighted by molar-refractivity contribution is 6.04. The predicted octanol–water partition coefficient (Wildman–Crippen LogP) is 5.48. The Morgan fingerprint density at radius 1 is 1.05 bits per heavy atom. The second-order valence-electron chi connectivity index (χ2n) is 9.21. The number of rotatable bonds is 2. The lowest BCUT2D eigenvalue weighted by atomic mass is 10.1. The summed E-state index contributed by atoms with van der Waals surface area (Å²) in [4.78, 5) is 25.8. The van der Waals surface area contributed by atoms with Gasteiger partial charge in [-0.1, -0.05) is 36.4 Å². The number of ether oxygens (including phenoxy) is 1. The minimum Gasteiger partial charge on any atom is -0.468 e. The van der Waals surface area contributed by atoms with Crippen LogP contribution >= 0.6 is 0 Å². The lowest BCUT2D eigenvalue weighted by Gasteiger charge is -2.20. The van der Waals surface area contributed by atoms with E-state index in [2.05, 4.69) is 25.4 Å². The number of amides is 1. The van der Waals surface area contributed by atoms with Crippen LogP contribution in [0.2, 0.25) is 0 Å². The molecule has 0 saturated heterocycles. The number of carbonyl (C=O) groups excluding carboxylic acids is 1. The average Bonchev–Trinajstić information content (AvgIpc) is 3.38. The Bertz CT molecular complexity index is 1670. The molecule has 2 aromatic heterocycles. The van der Waals surface area contributed by atoms with Crippen LogP contribution in [0.25, 0.3) is 15.6 Å². The molecule has 6 rings (SSSR count). The van der Waals surface area contributed by atoms with Crippen LogP contribution in [0.15, 0.2) is 91.6 Å². The third kappa shape index (κ3) is 4.83. The molecule has 0 saturated carbocycles. The summed E-state index contributed by atoms with van der Waals surface area (Å²) in [5, 5.41) is 8.39. The first kappa shape index (κ1) is 23.4. The molecular formula is C30H24N6O2. The summed E-state index contributed by atoms with van der Waals surface area (Å²) in [7, 11) is 0. The van der Waals surface area contributed by atoms with Crippen LogP contribution in [-0.2, 0) is 24.3 Å². The van der Waals surface area contributed by atoms with Crippen molar-refractivity contribution in [3.05, 3.63) is 120 Å². The number of imidazole rings is 1. The monoisotopic (exact) mass is 500 g/mol. The summed E-state index contributed by atoms with van der Waals surface area (Å²) >= 11 is 0. The molecule has 186 valence electrons. The van der Waals surface area contributed by atoms with Crippen molar-refractivity contribution in [3.8, 4) is 11.5 Å². The van der Waals surface area contributed by atoms with Gasteiger partial charge < -0.3 is 14.6 Å². The van der Waals surface area contributed by atoms with Crippen LogP contribution < -0.4 is 15.4 Å². The van der Waals surface area contributed by atoms with Crippen LogP contribution in [0.1, 0.15) is 16.8 Å². The quantitative estimate of drug-likeness (QED) is 0.314. The molecule has 8 nitrogen and oxygen atoms in total. The first-order chi connectivity index (χ1) is 18.7. The first-order valence-corrected chi connectivity index (χ1v) is 12.3. The van der Waals surface area contributed by atoms with Gasteiger partial charge in [0.1, 0.15) is 11.5 Å². The van der Waals surface area contributed by atoms with Gasteiger partial charge in [-0.25, -0.2) is 9.83 Å². The van der Waals surface area contributed by atoms with Gasteiger partial charge in [-0.3, -0.25) is 15.1 Å². The topological polar surface area (TPSA) is 85.4 Å². The van der Waals surface area contributed by atoms with E-state index in [0.717, 1.165) is 27.6 Å². The Balaban J connectivity index is 1.44. The van der Waals surface area contributed by atoms with E-state index < -0.39 is 6.04 Å². The molecule has 3 aromatic carbocycles. The normalized spacial score (nSPS) is 15.3. The highest BCUT2D eigenvalue weighted by atomic mass is 16.5. The van der Waals surface area contributed by atoms with E-state index in [1.165, 1.54) is 0 Å². The fourth-order valence-corrected chi connectivity index (χ4v) is 4.68. The van der Waals surface area contributed by atoms with Crippen molar-refractivity contribution in [2.24, 2.45) is 0 Å². The maximum atomic E-state index is 13.6. The SMILES string of the molecule is [C-]#[N+]c1ccc2cc1Oc1ccc3cccc(c3c1)NC(=O)C(Cc1cccnc1)NCc1cncn1C2. The number of pyridine rings is 1. The van der Waals surface area contributed by atoms with Crippen LogP contribution in [0, 0.1) is 6.57 Å². The number of anilines is 1. The maximum Gasteiger partial charge on any atom is 0.241 e. The zero-order valence-corrected chi connectivity index (χ0v) is 20.5. The third-order valence-corrected chi connectivity index (χ3v) is 6.64. The number of nitrogens with one attached hydrogen (secondary N) is 2. The Morgan fingerprint density at radius 3 is 2.87 bits per heavy atom. The molecule has 1 unspecified atom stereocenters. The van der Waals surface area contributed by atoms with Gasteiger partial charge in [0.05, 0.1) is 24.6 Å². The molecule has 4 bridgehead atoms. The van der Waals surface area contributed by atoms with E-state index in [1.807, 2.05) is 65.2 Å². The Kier molecular flexibility index (Phi) is 6.26. The number of benzene rings is 3. The molecule has 0 aliphatic carbocycles. The largest absolute Gasteiger partial charge is 0.468 e. The van der Waals surface area contributed by atoms with Crippen molar-refractivity contribution in [2.75, 3.05) is 5.32 Å². The molecule has 1 atom stereocenters. The highest BCUT2D eigenvalue weighted by Gasteiger charge is 2.21. The predicted molar refractivity (Wildman–Crippen MR) is 145 cm³/mol. The summed E-state index contributed by atoms with van der Waals surface area (Å²) in [6, 6.07) is 20.5. The van der Waals surface area contributed by atoms with E-state index in [9.17, 15) is 4.79 Å². The molecule has 1 amide bonds. The molecular weight excluding hydrogens is 476 g/mol. The van der Waals surface area contributed by atoms with Gasteiger partial charge in [-0.15, -0.1) is 0 Å². The van der Waals surface area contributed by atoms with Crippen molar-refractivity contribution in [3.63, 3.8) is 0 Å². The van der Waals surface area contributed by atoms with E-state index in [4.69, 9.17) is 11.3 Å². The lowest BCUT2D eigenvalue weighted by Crippen LogP contribution is -2.42. The van der Waals surface area contributed by atoms with Gasteiger partial charge in [0.2, 0.25) is 11.6 Å². The molecule has 8 heteroatoms. The van der Waals surface area contributed by atoms with Gasteiger partial charge in [0.15, 0.2) is 0 Å². The average molecular weight is 501 g/mol. The fourth-order valence-electron chi connectivity index (χ4n) is 4.68. The number of fused-ring (bicyclic) bond motifs is 4. The van der Waals surface area contributed by atoms with Crippen molar-refractivity contribution >= 4 is 28.1 Å². The minimum absolute atomic E-state index is 0.147. The minimum atomic E-state index is -0.505. The molecule has 0 spiro atoms. The molecule has 0 fully saturated rings. The Hall–Kier alpha value is -5.00. The van der Waals surface area contributed by atoms with Crippen molar-refractivity contribution in [2.45, 2.75) is 25.6 Å². The van der Waals surface area contributed by atoms with Crippen LogP contribution in [0.5, 0.6) is 11.5 Å². The number of hydrogen-bond donors (Lipinski definition) is 2. The maximum absolute atomic E-state index is 13.6.